The van der Waals surface area contributed by atoms with E-state index >= 15 is 0 Å². The quantitative estimate of drug-likeness (QED) is 0.439. The first kappa shape index (κ1) is 24.0. The Labute approximate surface area is 203 Å². The maximum atomic E-state index is 14.3. The summed E-state index contributed by atoms with van der Waals surface area (Å²) in [5.74, 6) is -1.99. The van der Waals surface area contributed by atoms with E-state index in [1.807, 2.05) is 0 Å². The SMILES string of the molecule is C=N[C@@H]1C[C@@H](C(=O)O)N(CC2=C(C(=O)OC)[C@H](c3cccc(F)c3Cl)N=C(c3nccs3)N2)C1. The van der Waals surface area contributed by atoms with Crippen LogP contribution < -0.4 is 5.32 Å². The van der Waals surface area contributed by atoms with E-state index in [9.17, 15) is 19.1 Å². The van der Waals surface area contributed by atoms with Crippen molar-refractivity contribution < 1.29 is 23.8 Å². The first-order valence-electron chi connectivity index (χ1n) is 10.3. The molecule has 1 fully saturated rings. The van der Waals surface area contributed by atoms with Crippen molar-refractivity contribution in [2.45, 2.75) is 24.5 Å². The summed E-state index contributed by atoms with van der Waals surface area (Å²) in [6, 6.07) is 2.20. The molecule has 9 nitrogen and oxygen atoms in total. The molecule has 0 radical (unpaired) electrons. The van der Waals surface area contributed by atoms with Gasteiger partial charge in [-0.05, 0) is 19.2 Å². The Morgan fingerprint density at radius 3 is 2.91 bits per heavy atom. The third-order valence-electron chi connectivity index (χ3n) is 5.73. The van der Waals surface area contributed by atoms with Crippen LogP contribution in [-0.2, 0) is 14.3 Å². The largest absolute Gasteiger partial charge is 0.480 e. The first-order valence-corrected chi connectivity index (χ1v) is 11.5. The zero-order chi connectivity index (χ0) is 24.4. The highest BCUT2D eigenvalue weighted by Crippen LogP contribution is 2.37. The Bertz CT molecular complexity index is 1190. The van der Waals surface area contributed by atoms with Crippen LogP contribution in [0.2, 0.25) is 5.02 Å². The number of carboxylic acids is 1. The minimum absolute atomic E-state index is 0.0568. The predicted molar refractivity (Wildman–Crippen MR) is 126 cm³/mol. The van der Waals surface area contributed by atoms with Gasteiger partial charge in [-0.15, -0.1) is 11.3 Å². The molecule has 1 saturated heterocycles. The van der Waals surface area contributed by atoms with Crippen LogP contribution in [0.3, 0.4) is 0 Å². The molecule has 3 atom stereocenters. The van der Waals surface area contributed by atoms with Crippen LogP contribution in [0.4, 0.5) is 4.39 Å². The molecule has 0 unspecified atom stereocenters. The second kappa shape index (κ2) is 10.00. The van der Waals surface area contributed by atoms with Crippen molar-refractivity contribution in [3.8, 4) is 0 Å². The molecule has 0 amide bonds. The standard InChI is InChI=1S/C22H21ClFN5O4S/c1-25-11-8-15(21(30)31)29(9-11)10-14-16(22(32)33-2)18(12-4-3-5-13(24)17(12)23)28-19(27-14)20-26-6-7-34-20/h3-7,11,15,18H,1,8-10H2,2H3,(H,27,28)(H,30,31)/t11-,15+,18+/m1/s1. The summed E-state index contributed by atoms with van der Waals surface area (Å²) in [7, 11) is 1.23. The van der Waals surface area contributed by atoms with Gasteiger partial charge in [0.05, 0.1) is 23.7 Å². The van der Waals surface area contributed by atoms with Gasteiger partial charge in [-0.2, -0.15) is 0 Å². The molecule has 4 rings (SSSR count). The number of aliphatic imine (C=N–C) groups is 2. The highest BCUT2D eigenvalue weighted by Gasteiger charge is 2.40. The minimum Gasteiger partial charge on any atom is -0.480 e. The third kappa shape index (κ3) is 4.59. The molecule has 2 aliphatic rings. The molecule has 1 aromatic carbocycles. The Hall–Kier alpha value is -3.15. The molecule has 0 aliphatic carbocycles. The van der Waals surface area contributed by atoms with Gasteiger partial charge in [-0.1, -0.05) is 23.7 Å². The summed E-state index contributed by atoms with van der Waals surface area (Å²) >= 11 is 7.60. The minimum atomic E-state index is -0.999. The van der Waals surface area contributed by atoms with Crippen molar-refractivity contribution in [2.24, 2.45) is 9.98 Å². The van der Waals surface area contributed by atoms with E-state index in [1.165, 1.54) is 30.6 Å². The third-order valence-corrected chi connectivity index (χ3v) is 6.91. The average Bonchev–Trinajstić information content (AvgIpc) is 3.50. The number of carbonyl (C=O) groups excluding carboxylic acids is 1. The van der Waals surface area contributed by atoms with Gasteiger partial charge in [-0.25, -0.2) is 14.2 Å². The van der Waals surface area contributed by atoms with Crippen molar-refractivity contribution in [1.82, 2.24) is 15.2 Å². The number of aromatic nitrogens is 1. The van der Waals surface area contributed by atoms with E-state index in [2.05, 4.69) is 27.0 Å². The summed E-state index contributed by atoms with van der Waals surface area (Å²) in [6.07, 6.45) is 1.90. The highest BCUT2D eigenvalue weighted by molar-refractivity contribution is 7.11. The molecular weight excluding hydrogens is 485 g/mol. The van der Waals surface area contributed by atoms with Gasteiger partial charge < -0.3 is 15.2 Å². The van der Waals surface area contributed by atoms with Crippen LogP contribution in [0, 0.1) is 5.82 Å². The van der Waals surface area contributed by atoms with Crippen molar-refractivity contribution >= 4 is 47.4 Å². The Morgan fingerprint density at radius 2 is 2.26 bits per heavy atom. The summed E-state index contributed by atoms with van der Waals surface area (Å²) in [4.78, 5) is 39.5. The van der Waals surface area contributed by atoms with Gasteiger partial charge >= 0.3 is 11.9 Å². The van der Waals surface area contributed by atoms with Crippen molar-refractivity contribution in [2.75, 3.05) is 20.2 Å². The van der Waals surface area contributed by atoms with Crippen molar-refractivity contribution in [3.63, 3.8) is 0 Å². The number of ether oxygens (including phenoxy) is 1. The highest BCUT2D eigenvalue weighted by atomic mass is 35.5. The van der Waals surface area contributed by atoms with Gasteiger partial charge in [0.2, 0.25) is 0 Å². The van der Waals surface area contributed by atoms with E-state index in [-0.39, 0.29) is 28.7 Å². The molecule has 2 aromatic rings. The molecule has 12 heteroatoms. The molecule has 3 heterocycles. The van der Waals surface area contributed by atoms with Gasteiger partial charge in [0, 0.05) is 35.9 Å². The van der Waals surface area contributed by atoms with E-state index in [0.717, 1.165) is 0 Å². The van der Waals surface area contributed by atoms with Gasteiger partial charge in [-0.3, -0.25) is 19.7 Å². The van der Waals surface area contributed by atoms with Crippen LogP contribution in [-0.4, -0.2) is 71.8 Å². The number of methoxy groups -OCH3 is 1. The zero-order valence-corrected chi connectivity index (χ0v) is 19.6. The number of nitrogens with zero attached hydrogens (tertiary/aromatic N) is 4. The molecule has 0 saturated carbocycles. The fraction of sp³-hybridized carbons (Fsp3) is 0.318. The van der Waals surface area contributed by atoms with Gasteiger partial charge in [0.1, 0.15) is 17.9 Å². The number of nitrogens with one attached hydrogen (secondary N) is 1. The molecule has 2 N–H and O–H groups in total. The van der Waals surface area contributed by atoms with Crippen LogP contribution in [0.25, 0.3) is 0 Å². The van der Waals surface area contributed by atoms with Crippen molar-refractivity contribution in [3.05, 3.63) is 62.5 Å². The maximum Gasteiger partial charge on any atom is 0.338 e. The van der Waals surface area contributed by atoms with Crippen LogP contribution in [0.5, 0.6) is 0 Å². The number of hydrogen-bond acceptors (Lipinski definition) is 9. The second-order valence-electron chi connectivity index (χ2n) is 7.72. The Balaban J connectivity index is 1.84. The lowest BCUT2D eigenvalue weighted by atomic mass is 9.95. The maximum absolute atomic E-state index is 14.3. The zero-order valence-electron chi connectivity index (χ0n) is 18.1. The number of hydrogen-bond donors (Lipinski definition) is 2. The van der Waals surface area contributed by atoms with E-state index in [1.54, 1.807) is 22.5 Å². The topological polar surface area (TPSA) is 116 Å². The Kier molecular flexibility index (Phi) is 7.05. The molecule has 0 spiro atoms. The molecule has 178 valence electrons. The lowest BCUT2D eigenvalue weighted by molar-refractivity contribution is -0.142. The number of aliphatic carboxylic acids is 1. The average molecular weight is 506 g/mol. The summed E-state index contributed by atoms with van der Waals surface area (Å²) in [6.45, 7) is 3.94. The predicted octanol–water partition coefficient (Wildman–Crippen LogP) is 2.68. The van der Waals surface area contributed by atoms with E-state index in [4.69, 9.17) is 16.3 Å². The first-order chi connectivity index (χ1) is 16.3. The number of esters is 1. The lowest BCUT2D eigenvalue weighted by Crippen LogP contribution is -2.43. The summed E-state index contributed by atoms with van der Waals surface area (Å²) in [5, 5.41) is 15.0. The number of amidine groups is 1. The molecule has 0 bridgehead atoms. The summed E-state index contributed by atoms with van der Waals surface area (Å²) in [5.41, 5.74) is 0.750. The lowest BCUT2D eigenvalue weighted by Gasteiger charge is -2.30. The van der Waals surface area contributed by atoms with Crippen molar-refractivity contribution in [1.29, 1.82) is 0 Å². The fourth-order valence-corrected chi connectivity index (χ4v) is 4.94. The van der Waals surface area contributed by atoms with Crippen LogP contribution >= 0.6 is 22.9 Å². The Morgan fingerprint density at radius 1 is 1.47 bits per heavy atom. The molecule has 34 heavy (non-hydrogen) atoms. The van der Waals surface area contributed by atoms with Gasteiger partial charge in [0.15, 0.2) is 10.8 Å². The normalized spacial score (nSPS) is 22.8. The monoisotopic (exact) mass is 505 g/mol. The van der Waals surface area contributed by atoms with E-state index < -0.39 is 29.8 Å². The number of thiazole rings is 1. The number of rotatable bonds is 7. The molecular formula is C22H21ClFN5O4S. The number of halogens is 2. The number of carbonyl (C=O) groups is 2. The second-order valence-corrected chi connectivity index (χ2v) is 9.00. The van der Waals surface area contributed by atoms with E-state index in [0.29, 0.717) is 29.5 Å². The molecule has 1 aromatic heterocycles. The smallest absolute Gasteiger partial charge is 0.338 e. The fourth-order valence-electron chi connectivity index (χ4n) is 4.12. The van der Waals surface area contributed by atoms with Crippen LogP contribution in [0.1, 0.15) is 23.0 Å². The number of benzene rings is 1. The summed E-state index contributed by atoms with van der Waals surface area (Å²) < 4.78 is 19.4. The van der Waals surface area contributed by atoms with Crippen LogP contribution in [0.15, 0.2) is 51.0 Å². The number of likely N-dealkylation sites (tertiary alicyclic amines) is 1. The van der Waals surface area contributed by atoms with Gasteiger partial charge in [0.25, 0.3) is 0 Å². The number of carboxylic acid groups (broad SMARTS) is 1. The molecule has 2 aliphatic heterocycles.